The van der Waals surface area contributed by atoms with Gasteiger partial charge in [0, 0.05) is 39.1 Å². The minimum absolute atomic E-state index is 0.00876. The molecular formula is C44H72N6O9. The summed E-state index contributed by atoms with van der Waals surface area (Å²) in [5, 5.41) is 14.7. The van der Waals surface area contributed by atoms with Gasteiger partial charge < -0.3 is 30.5 Å². The van der Waals surface area contributed by atoms with Crippen molar-refractivity contribution in [1.82, 2.24) is 25.3 Å². The zero-order valence-corrected chi connectivity index (χ0v) is 37.2. The van der Waals surface area contributed by atoms with Crippen molar-refractivity contribution in [2.45, 2.75) is 141 Å². The number of methoxy groups -OCH3 is 2. The van der Waals surface area contributed by atoms with Gasteiger partial charge in [0.15, 0.2) is 0 Å². The fraction of sp³-hybridized carbons (Fsp3) is 0.727. The second kappa shape index (κ2) is 22.1. The van der Waals surface area contributed by atoms with Gasteiger partial charge in [-0.15, -0.1) is 0 Å². The molecule has 59 heavy (non-hydrogen) atoms. The largest absolute Gasteiger partial charge is 0.481 e. The first kappa shape index (κ1) is 49.4. The van der Waals surface area contributed by atoms with Gasteiger partial charge in [0.2, 0.25) is 29.5 Å². The van der Waals surface area contributed by atoms with Crippen LogP contribution in [-0.4, -0.2) is 139 Å². The van der Waals surface area contributed by atoms with Crippen molar-refractivity contribution >= 4 is 35.5 Å². The summed E-state index contributed by atoms with van der Waals surface area (Å²) in [5.74, 6) is -4.27. The zero-order chi connectivity index (χ0) is 44.4. The third-order valence-electron chi connectivity index (χ3n) is 12.7. The van der Waals surface area contributed by atoms with E-state index in [4.69, 9.17) is 20.3 Å². The van der Waals surface area contributed by atoms with Crippen LogP contribution in [0.3, 0.4) is 0 Å². The molecule has 0 spiro atoms. The topological polar surface area (TPSA) is 201 Å². The molecule has 2 fully saturated rings. The molecule has 0 radical (unpaired) electrons. The fourth-order valence-electron chi connectivity index (χ4n) is 9.39. The molecule has 1 saturated heterocycles. The number of nitrogens with two attached hydrogens (primary N) is 1. The lowest BCUT2D eigenvalue weighted by molar-refractivity contribution is -0.144. The number of ether oxygens (including phenoxy) is 2. The van der Waals surface area contributed by atoms with Crippen LogP contribution >= 0.6 is 0 Å². The van der Waals surface area contributed by atoms with Gasteiger partial charge in [0.05, 0.1) is 42.7 Å². The number of likely N-dealkylation sites (N-methyl/N-ethyl adjacent to an activating group) is 2. The Kier molecular flexibility index (Phi) is 18.5. The number of hydrogen-bond acceptors (Lipinski definition) is 10. The van der Waals surface area contributed by atoms with E-state index >= 15 is 0 Å². The van der Waals surface area contributed by atoms with Gasteiger partial charge >= 0.3 is 5.97 Å². The van der Waals surface area contributed by atoms with E-state index in [2.05, 4.69) is 17.6 Å². The number of aliphatic carboxylic acids is 1. The van der Waals surface area contributed by atoms with E-state index in [0.717, 1.165) is 12.0 Å². The molecule has 5 N–H and O–H groups in total. The van der Waals surface area contributed by atoms with Crippen molar-refractivity contribution < 1.29 is 43.3 Å². The molecule has 1 aromatic carbocycles. The van der Waals surface area contributed by atoms with Gasteiger partial charge in [-0.3, -0.25) is 43.9 Å². The molecule has 0 bridgehead atoms. The van der Waals surface area contributed by atoms with Crippen molar-refractivity contribution in [3.05, 3.63) is 35.9 Å². The maximum atomic E-state index is 14.4. The van der Waals surface area contributed by atoms with Crippen LogP contribution in [0.25, 0.3) is 0 Å². The Morgan fingerprint density at radius 3 is 2.07 bits per heavy atom. The zero-order valence-electron chi connectivity index (χ0n) is 37.2. The van der Waals surface area contributed by atoms with Crippen molar-refractivity contribution in [2.24, 2.45) is 29.4 Å². The molecule has 1 saturated carbocycles. The average Bonchev–Trinajstić information content (AvgIpc) is 3.70. The van der Waals surface area contributed by atoms with Gasteiger partial charge in [0.25, 0.3) is 0 Å². The molecule has 1 aliphatic carbocycles. The van der Waals surface area contributed by atoms with Gasteiger partial charge in [-0.25, -0.2) is 0 Å². The van der Waals surface area contributed by atoms with E-state index in [0.29, 0.717) is 38.8 Å². The summed E-state index contributed by atoms with van der Waals surface area (Å²) in [7, 11) is 6.67. The summed E-state index contributed by atoms with van der Waals surface area (Å²) < 4.78 is 12.1. The Morgan fingerprint density at radius 1 is 0.932 bits per heavy atom. The van der Waals surface area contributed by atoms with Crippen LogP contribution in [-0.2, 0) is 38.2 Å². The SMILES string of the molecule is CC[C@H](C)[C@@H]([C@@H](CC(=O)N1CCC[C@H]1[C@H](OC)[C@@H](C)C(=O)N[C@@]1(C(N)=O)C[C@@H]1c1ccccc1)OC)N(C)[C@H](C(=O)NC(=O)[C@H](C(C)C)N(C)CCCC(=O)O)C(C)C. The van der Waals surface area contributed by atoms with E-state index in [1.54, 1.807) is 30.9 Å². The monoisotopic (exact) mass is 829 g/mol. The molecule has 1 aliphatic heterocycles. The highest BCUT2D eigenvalue weighted by atomic mass is 16.5. The first-order valence-corrected chi connectivity index (χ1v) is 21.3. The Morgan fingerprint density at radius 2 is 1.54 bits per heavy atom. The number of carboxylic acid groups (broad SMARTS) is 1. The molecule has 1 aromatic rings. The van der Waals surface area contributed by atoms with Crippen LogP contribution in [0.2, 0.25) is 0 Å². The van der Waals surface area contributed by atoms with Crippen LogP contribution in [0, 0.1) is 23.7 Å². The highest BCUT2D eigenvalue weighted by molar-refractivity contribution is 6.00. The van der Waals surface area contributed by atoms with Gasteiger partial charge in [0.1, 0.15) is 5.54 Å². The van der Waals surface area contributed by atoms with Crippen LogP contribution < -0.4 is 16.4 Å². The van der Waals surface area contributed by atoms with Gasteiger partial charge in [-0.2, -0.15) is 0 Å². The Bertz CT molecular complexity index is 1590. The maximum Gasteiger partial charge on any atom is 0.303 e. The molecule has 0 aromatic heterocycles. The second-order valence-corrected chi connectivity index (χ2v) is 17.5. The van der Waals surface area contributed by atoms with Crippen LogP contribution in [0.15, 0.2) is 30.3 Å². The fourth-order valence-corrected chi connectivity index (χ4v) is 9.39. The van der Waals surface area contributed by atoms with E-state index in [-0.39, 0.29) is 48.3 Å². The average molecular weight is 829 g/mol. The molecule has 5 amide bonds. The smallest absolute Gasteiger partial charge is 0.303 e. The minimum atomic E-state index is -1.19. The van der Waals surface area contributed by atoms with Crippen molar-refractivity contribution in [3.8, 4) is 0 Å². The predicted octanol–water partition coefficient (Wildman–Crippen LogP) is 3.40. The number of carbonyl (C=O) groups excluding carboxylic acids is 5. The number of rotatable bonds is 24. The first-order valence-electron chi connectivity index (χ1n) is 21.3. The lowest BCUT2D eigenvalue weighted by Gasteiger charge is -2.43. The molecule has 15 nitrogen and oxygen atoms in total. The number of nitrogens with zero attached hydrogens (tertiary/aromatic N) is 3. The van der Waals surface area contributed by atoms with E-state index in [9.17, 15) is 28.8 Å². The molecule has 0 unspecified atom stereocenters. The maximum absolute atomic E-state index is 14.4. The molecule has 332 valence electrons. The number of amides is 5. The van der Waals surface area contributed by atoms with Crippen LogP contribution in [0.5, 0.6) is 0 Å². The Labute approximate surface area is 351 Å². The lowest BCUT2D eigenvalue weighted by atomic mass is 9.87. The number of carboxylic acids is 1. The molecule has 3 rings (SSSR count). The summed E-state index contributed by atoms with van der Waals surface area (Å²) >= 11 is 0. The molecule has 1 heterocycles. The van der Waals surface area contributed by atoms with E-state index in [1.807, 2.05) is 76.9 Å². The Hall–Kier alpha value is -3.92. The summed E-state index contributed by atoms with van der Waals surface area (Å²) in [4.78, 5) is 85.2. The molecule has 15 heteroatoms. The first-order chi connectivity index (χ1) is 27.8. The molecular weight excluding hydrogens is 757 g/mol. The quantitative estimate of drug-likeness (QED) is 0.119. The second-order valence-electron chi connectivity index (χ2n) is 17.5. The number of likely N-dealkylation sites (tertiary alicyclic amines) is 1. The number of primary amides is 1. The van der Waals surface area contributed by atoms with Crippen molar-refractivity contribution in [3.63, 3.8) is 0 Å². The van der Waals surface area contributed by atoms with Gasteiger partial charge in [-0.05, 0) is 69.6 Å². The van der Waals surface area contributed by atoms with Gasteiger partial charge in [-0.1, -0.05) is 85.2 Å². The number of hydrogen-bond donors (Lipinski definition) is 4. The number of benzene rings is 1. The van der Waals surface area contributed by atoms with Crippen molar-refractivity contribution in [2.75, 3.05) is 41.4 Å². The molecule has 2 aliphatic rings. The summed E-state index contributed by atoms with van der Waals surface area (Å²) in [6.07, 6.45) is 1.54. The molecule has 10 atom stereocenters. The summed E-state index contributed by atoms with van der Waals surface area (Å²) in [6, 6.07) is 7.29. The minimum Gasteiger partial charge on any atom is -0.481 e. The van der Waals surface area contributed by atoms with Crippen molar-refractivity contribution in [1.29, 1.82) is 0 Å². The summed E-state index contributed by atoms with van der Waals surface area (Å²) in [6.45, 7) is 14.3. The normalized spacial score (nSPS) is 22.7. The van der Waals surface area contributed by atoms with Crippen LogP contribution in [0.4, 0.5) is 0 Å². The third-order valence-corrected chi connectivity index (χ3v) is 12.7. The predicted molar refractivity (Wildman–Crippen MR) is 225 cm³/mol. The third kappa shape index (κ3) is 12.1. The number of carbonyl (C=O) groups is 6. The highest BCUT2D eigenvalue weighted by Crippen LogP contribution is 2.51. The van der Waals surface area contributed by atoms with E-state index < -0.39 is 71.5 Å². The lowest BCUT2D eigenvalue weighted by Crippen LogP contribution is -2.60. The number of nitrogens with one attached hydrogen (secondary N) is 2. The Balaban J connectivity index is 1.78. The van der Waals surface area contributed by atoms with Crippen LogP contribution in [0.1, 0.15) is 105 Å². The van der Waals surface area contributed by atoms with E-state index in [1.165, 1.54) is 7.11 Å². The standard InChI is InChI=1S/C44H72N6O9/c1-12-28(6)38(49(9)37(27(4)5)42(56)46-41(55)36(26(2)3)48(8)22-17-21-35(52)53)33(58-10)24-34(51)50-23-16-20-32(50)39(59-11)29(7)40(54)47-44(43(45)57)25-31(44)30-18-14-13-15-19-30/h13-15,18-19,26-29,31-33,36-39H,12,16-17,20-25H2,1-11H3,(H2,45,57)(H,47,54)(H,52,53)(H,46,55,56)/t28-,29+,31+,32-,33+,36-,37-,38-,39+,44-/m0/s1. The number of imide groups is 1. The summed E-state index contributed by atoms with van der Waals surface area (Å²) in [5.41, 5.74) is 5.59. The highest BCUT2D eigenvalue weighted by Gasteiger charge is 2.61.